The minimum atomic E-state index is -1.37. The molecular weight excluding hydrogens is 192 g/mol. The maximum atomic E-state index is 6.14. The second kappa shape index (κ2) is 4.77. The lowest BCUT2D eigenvalue weighted by Crippen LogP contribution is -2.38. The first-order chi connectivity index (χ1) is 6.40. The Hall–Kier alpha value is 0.137. The maximum Gasteiger partial charge on any atom is 0.184 e. The molecule has 3 atom stereocenters. The fourth-order valence-corrected chi connectivity index (χ4v) is 3.46. The van der Waals surface area contributed by atoms with Gasteiger partial charge < -0.3 is 9.16 Å². The lowest BCUT2D eigenvalue weighted by molar-refractivity contribution is -0.000431. The topological polar surface area (TPSA) is 18.5 Å². The summed E-state index contributed by atoms with van der Waals surface area (Å²) >= 11 is 0. The van der Waals surface area contributed by atoms with Crippen LogP contribution in [0.25, 0.3) is 0 Å². The maximum absolute atomic E-state index is 6.14. The van der Waals surface area contributed by atoms with Gasteiger partial charge in [0.05, 0.1) is 6.10 Å². The quantitative estimate of drug-likeness (QED) is 0.675. The number of methoxy groups -OCH3 is 1. The molecule has 1 rings (SSSR count). The molecule has 1 aliphatic rings. The van der Waals surface area contributed by atoms with Crippen LogP contribution in [0.15, 0.2) is 0 Å². The average Bonchev–Trinajstić information content (AvgIpc) is 1.99. The number of rotatable bonds is 3. The molecule has 0 amide bonds. The molecule has 84 valence electrons. The molecule has 0 aromatic heterocycles. The third-order valence-corrected chi connectivity index (χ3v) is 3.75. The molecule has 0 bridgehead atoms. The van der Waals surface area contributed by atoms with Crippen LogP contribution in [0, 0.1) is 5.92 Å². The van der Waals surface area contributed by atoms with Gasteiger partial charge in [0.25, 0.3) is 0 Å². The summed E-state index contributed by atoms with van der Waals surface area (Å²) in [4.78, 5) is 0. The predicted octanol–water partition coefficient (Wildman–Crippen LogP) is 3.04. The van der Waals surface area contributed by atoms with Crippen LogP contribution in [0.4, 0.5) is 0 Å². The van der Waals surface area contributed by atoms with Gasteiger partial charge in [0.15, 0.2) is 8.32 Å². The molecule has 2 nitrogen and oxygen atoms in total. The third-order valence-electron chi connectivity index (χ3n) is 2.71. The van der Waals surface area contributed by atoms with Crippen molar-refractivity contribution in [2.24, 2.45) is 5.92 Å². The summed E-state index contributed by atoms with van der Waals surface area (Å²) in [5.41, 5.74) is 0. The Labute approximate surface area is 89.1 Å². The normalized spacial score (nSPS) is 34.5. The van der Waals surface area contributed by atoms with Crippen LogP contribution < -0.4 is 0 Å². The summed E-state index contributed by atoms with van der Waals surface area (Å²) in [6.45, 7) is 9.07. The second-order valence-electron chi connectivity index (χ2n) is 5.52. The van der Waals surface area contributed by atoms with E-state index in [9.17, 15) is 0 Å². The average molecular weight is 216 g/mol. The molecule has 1 saturated carbocycles. The number of hydrogen-bond acceptors (Lipinski definition) is 2. The zero-order valence-electron chi connectivity index (χ0n) is 10.2. The molecule has 1 fully saturated rings. The van der Waals surface area contributed by atoms with Crippen molar-refractivity contribution >= 4 is 8.32 Å². The van der Waals surface area contributed by atoms with Crippen LogP contribution >= 0.6 is 0 Å². The van der Waals surface area contributed by atoms with E-state index in [1.54, 1.807) is 0 Å². The Morgan fingerprint density at radius 1 is 1.00 bits per heavy atom. The predicted molar refractivity (Wildman–Crippen MR) is 62.0 cm³/mol. The fraction of sp³-hybridized carbons (Fsp3) is 1.00. The first-order valence-electron chi connectivity index (χ1n) is 5.61. The van der Waals surface area contributed by atoms with E-state index in [4.69, 9.17) is 9.16 Å². The summed E-state index contributed by atoms with van der Waals surface area (Å²) in [5.74, 6) is 0.745. The molecule has 0 unspecified atom stereocenters. The van der Waals surface area contributed by atoms with Crippen LogP contribution in [0.1, 0.15) is 26.2 Å². The molecule has 0 radical (unpaired) electrons. The van der Waals surface area contributed by atoms with Crippen molar-refractivity contribution in [2.45, 2.75) is 58.0 Å². The monoisotopic (exact) mass is 216 g/mol. The molecule has 0 aromatic rings. The first-order valence-corrected chi connectivity index (χ1v) is 9.02. The van der Waals surface area contributed by atoms with Gasteiger partial charge in [-0.1, -0.05) is 6.92 Å². The van der Waals surface area contributed by atoms with E-state index in [1.165, 1.54) is 12.8 Å². The highest BCUT2D eigenvalue weighted by molar-refractivity contribution is 6.69. The highest BCUT2D eigenvalue weighted by Gasteiger charge is 2.30. The lowest BCUT2D eigenvalue weighted by atomic mass is 9.87. The van der Waals surface area contributed by atoms with Crippen molar-refractivity contribution in [3.8, 4) is 0 Å². The molecular formula is C11H24O2Si. The van der Waals surface area contributed by atoms with Gasteiger partial charge in [-0.3, -0.25) is 0 Å². The van der Waals surface area contributed by atoms with Crippen LogP contribution in [0.3, 0.4) is 0 Å². The van der Waals surface area contributed by atoms with Gasteiger partial charge >= 0.3 is 0 Å². The minimum absolute atomic E-state index is 0.417. The van der Waals surface area contributed by atoms with Gasteiger partial charge in [0, 0.05) is 13.2 Å². The number of hydrogen-bond donors (Lipinski definition) is 0. The second-order valence-corrected chi connectivity index (χ2v) is 9.98. The Morgan fingerprint density at radius 2 is 1.57 bits per heavy atom. The summed E-state index contributed by atoms with van der Waals surface area (Å²) in [5, 5.41) is 0. The van der Waals surface area contributed by atoms with E-state index < -0.39 is 8.32 Å². The smallest absolute Gasteiger partial charge is 0.184 e. The van der Waals surface area contributed by atoms with Crippen molar-refractivity contribution in [1.29, 1.82) is 0 Å². The van der Waals surface area contributed by atoms with E-state index in [0.29, 0.717) is 12.2 Å². The zero-order valence-corrected chi connectivity index (χ0v) is 11.2. The fourth-order valence-electron chi connectivity index (χ4n) is 2.27. The molecule has 14 heavy (non-hydrogen) atoms. The van der Waals surface area contributed by atoms with Crippen molar-refractivity contribution < 1.29 is 9.16 Å². The standard InChI is InChI=1S/C11H24O2Si/c1-9-6-10(12-2)8-11(7-9)13-14(3,4)5/h9-11H,6-8H2,1-5H3/t9-,10+,11+/m0/s1. The van der Waals surface area contributed by atoms with Crippen LogP contribution in [-0.2, 0) is 9.16 Å². The van der Waals surface area contributed by atoms with Gasteiger partial charge in [-0.25, -0.2) is 0 Å². The van der Waals surface area contributed by atoms with Crippen molar-refractivity contribution in [2.75, 3.05) is 7.11 Å². The Kier molecular flexibility index (Phi) is 4.16. The molecule has 0 spiro atoms. The molecule has 0 N–H and O–H groups in total. The summed E-state index contributed by atoms with van der Waals surface area (Å²) in [6.07, 6.45) is 4.35. The lowest BCUT2D eigenvalue weighted by Gasteiger charge is -2.36. The highest BCUT2D eigenvalue weighted by atomic mass is 28.4. The highest BCUT2D eigenvalue weighted by Crippen LogP contribution is 2.29. The van der Waals surface area contributed by atoms with Crippen molar-refractivity contribution in [3.05, 3.63) is 0 Å². The SMILES string of the molecule is CO[C@@H]1C[C@H](C)C[C@@H](O[Si](C)(C)C)C1. The van der Waals surface area contributed by atoms with E-state index in [-0.39, 0.29) is 0 Å². The van der Waals surface area contributed by atoms with Gasteiger partial charge in [-0.15, -0.1) is 0 Å². The van der Waals surface area contributed by atoms with Gasteiger partial charge in [-0.2, -0.15) is 0 Å². The Bertz CT molecular complexity index is 177. The van der Waals surface area contributed by atoms with Crippen molar-refractivity contribution in [1.82, 2.24) is 0 Å². The van der Waals surface area contributed by atoms with Crippen LogP contribution in [0.2, 0.25) is 19.6 Å². The van der Waals surface area contributed by atoms with E-state index in [0.717, 1.165) is 12.3 Å². The molecule has 3 heteroatoms. The molecule has 0 heterocycles. The molecule has 0 aromatic carbocycles. The summed E-state index contributed by atoms with van der Waals surface area (Å²) in [6, 6.07) is 0. The van der Waals surface area contributed by atoms with Gasteiger partial charge in [0.1, 0.15) is 0 Å². The van der Waals surface area contributed by atoms with E-state index in [1.807, 2.05) is 7.11 Å². The first kappa shape index (κ1) is 12.2. The van der Waals surface area contributed by atoms with Crippen LogP contribution in [-0.4, -0.2) is 27.6 Å². The van der Waals surface area contributed by atoms with Gasteiger partial charge in [0.2, 0.25) is 0 Å². The minimum Gasteiger partial charge on any atom is -0.415 e. The summed E-state index contributed by atoms with van der Waals surface area (Å²) < 4.78 is 11.6. The van der Waals surface area contributed by atoms with E-state index in [2.05, 4.69) is 26.6 Å². The summed E-state index contributed by atoms with van der Waals surface area (Å²) in [7, 11) is 0.442. The molecule has 1 aliphatic carbocycles. The van der Waals surface area contributed by atoms with Crippen LogP contribution in [0.5, 0.6) is 0 Å². The molecule has 0 aliphatic heterocycles. The number of ether oxygens (including phenoxy) is 1. The molecule has 0 saturated heterocycles. The Balaban J connectivity index is 2.45. The largest absolute Gasteiger partial charge is 0.415 e. The van der Waals surface area contributed by atoms with E-state index >= 15 is 0 Å². The Morgan fingerprint density at radius 3 is 2.07 bits per heavy atom. The van der Waals surface area contributed by atoms with Crippen molar-refractivity contribution in [3.63, 3.8) is 0 Å². The zero-order chi connectivity index (χ0) is 10.8. The third kappa shape index (κ3) is 4.11. The van der Waals surface area contributed by atoms with Gasteiger partial charge in [-0.05, 0) is 44.8 Å².